The zero-order valence-electron chi connectivity index (χ0n) is 11.6. The number of aryl methyl sites for hydroxylation is 1. The fraction of sp³-hybridized carbons (Fsp3) is 0.250. The summed E-state index contributed by atoms with van der Waals surface area (Å²) in [4.78, 5) is 0. The number of hydrogen-bond donors (Lipinski definition) is 2. The highest BCUT2D eigenvalue weighted by Gasteiger charge is 2.08. The van der Waals surface area contributed by atoms with Crippen LogP contribution in [0.2, 0.25) is 10.0 Å². The minimum Gasteiger partial charge on any atom is -0.489 e. The molecule has 3 nitrogen and oxygen atoms in total. The van der Waals surface area contributed by atoms with E-state index >= 15 is 0 Å². The van der Waals surface area contributed by atoms with Gasteiger partial charge in [-0.25, -0.2) is 0 Å². The Balaban J connectivity index is 1.79. The van der Waals surface area contributed by atoms with E-state index in [4.69, 9.17) is 27.9 Å². The number of hydrogen-bond acceptors (Lipinski definition) is 3. The van der Waals surface area contributed by atoms with E-state index in [0.29, 0.717) is 22.3 Å². The Labute approximate surface area is 134 Å². The third-order valence-corrected chi connectivity index (χ3v) is 3.45. The topological polar surface area (TPSA) is 41.5 Å². The van der Waals surface area contributed by atoms with Gasteiger partial charge in [0.15, 0.2) is 0 Å². The smallest absolute Gasteiger partial charge is 0.138 e. The second kappa shape index (κ2) is 7.55. The summed E-state index contributed by atoms with van der Waals surface area (Å²) < 4.78 is 5.48. The van der Waals surface area contributed by atoms with Crippen LogP contribution in [0.5, 0.6) is 5.75 Å². The van der Waals surface area contributed by atoms with Crippen LogP contribution in [0.4, 0.5) is 5.69 Å². The van der Waals surface area contributed by atoms with Gasteiger partial charge in [-0.1, -0.05) is 40.9 Å². The van der Waals surface area contributed by atoms with Crippen LogP contribution in [0.25, 0.3) is 0 Å². The molecule has 112 valence electrons. The van der Waals surface area contributed by atoms with Crippen LogP contribution in [0, 0.1) is 6.92 Å². The van der Waals surface area contributed by atoms with Gasteiger partial charge in [0.05, 0.1) is 5.02 Å². The summed E-state index contributed by atoms with van der Waals surface area (Å²) in [5.74, 6) is 0.510. The van der Waals surface area contributed by atoms with E-state index in [0.717, 1.165) is 5.69 Å². The third-order valence-electron chi connectivity index (χ3n) is 2.92. The van der Waals surface area contributed by atoms with Crippen LogP contribution in [-0.4, -0.2) is 24.4 Å². The van der Waals surface area contributed by atoms with Crippen molar-refractivity contribution in [1.82, 2.24) is 0 Å². The van der Waals surface area contributed by atoms with Gasteiger partial charge in [-0.15, -0.1) is 0 Å². The highest BCUT2D eigenvalue weighted by molar-refractivity contribution is 6.35. The number of benzene rings is 2. The minimum absolute atomic E-state index is 0.153. The summed E-state index contributed by atoms with van der Waals surface area (Å²) in [6, 6.07) is 13.0. The molecule has 1 atom stereocenters. The van der Waals surface area contributed by atoms with Gasteiger partial charge in [-0.3, -0.25) is 0 Å². The number of ether oxygens (including phenoxy) is 1. The first kappa shape index (κ1) is 16.0. The monoisotopic (exact) mass is 325 g/mol. The van der Waals surface area contributed by atoms with Gasteiger partial charge in [0.2, 0.25) is 0 Å². The number of nitrogens with one attached hydrogen (secondary N) is 1. The maximum atomic E-state index is 9.92. The average Bonchev–Trinajstić information content (AvgIpc) is 2.46. The van der Waals surface area contributed by atoms with Gasteiger partial charge < -0.3 is 15.2 Å². The Hall–Kier alpha value is -1.42. The molecule has 0 amide bonds. The maximum Gasteiger partial charge on any atom is 0.138 e. The molecule has 2 N–H and O–H groups in total. The van der Waals surface area contributed by atoms with Gasteiger partial charge in [0.25, 0.3) is 0 Å². The Bertz CT molecular complexity index is 587. The first-order chi connectivity index (χ1) is 10.0. The number of aliphatic hydroxyl groups excluding tert-OH is 1. The van der Waals surface area contributed by atoms with Gasteiger partial charge in [0, 0.05) is 17.3 Å². The number of rotatable bonds is 6. The molecule has 0 aliphatic carbocycles. The summed E-state index contributed by atoms with van der Waals surface area (Å²) in [5, 5.41) is 14.0. The van der Waals surface area contributed by atoms with E-state index in [1.807, 2.05) is 31.2 Å². The van der Waals surface area contributed by atoms with Crippen molar-refractivity contribution in [2.75, 3.05) is 18.5 Å². The fourth-order valence-electron chi connectivity index (χ4n) is 1.74. The zero-order chi connectivity index (χ0) is 15.2. The lowest BCUT2D eigenvalue weighted by Gasteiger charge is -2.15. The average molecular weight is 326 g/mol. The van der Waals surface area contributed by atoms with Crippen molar-refractivity contribution in [3.63, 3.8) is 0 Å². The quantitative estimate of drug-likeness (QED) is 0.838. The Morgan fingerprint density at radius 2 is 1.86 bits per heavy atom. The summed E-state index contributed by atoms with van der Waals surface area (Å²) in [6.45, 7) is 2.58. The van der Waals surface area contributed by atoms with E-state index in [9.17, 15) is 5.11 Å². The SMILES string of the molecule is Cc1ccc(NCC(O)COc2ccc(Cl)cc2Cl)cc1. The van der Waals surface area contributed by atoms with E-state index in [1.165, 1.54) is 5.56 Å². The zero-order valence-corrected chi connectivity index (χ0v) is 13.2. The molecule has 0 saturated carbocycles. The summed E-state index contributed by atoms with van der Waals surface area (Å²) in [6.07, 6.45) is -0.641. The second-order valence-corrected chi connectivity index (χ2v) is 5.63. The molecule has 2 aromatic rings. The molecule has 0 spiro atoms. The van der Waals surface area contributed by atoms with Gasteiger partial charge in [-0.2, -0.15) is 0 Å². The van der Waals surface area contributed by atoms with Crippen molar-refractivity contribution in [1.29, 1.82) is 0 Å². The molecule has 2 rings (SSSR count). The predicted molar refractivity (Wildman–Crippen MR) is 87.6 cm³/mol. The highest BCUT2D eigenvalue weighted by atomic mass is 35.5. The van der Waals surface area contributed by atoms with Gasteiger partial charge >= 0.3 is 0 Å². The Morgan fingerprint density at radius 3 is 2.52 bits per heavy atom. The molecule has 5 heteroatoms. The van der Waals surface area contributed by atoms with Crippen LogP contribution < -0.4 is 10.1 Å². The highest BCUT2D eigenvalue weighted by Crippen LogP contribution is 2.27. The summed E-state index contributed by atoms with van der Waals surface area (Å²) in [5.41, 5.74) is 2.16. The molecule has 0 saturated heterocycles. The van der Waals surface area contributed by atoms with Crippen molar-refractivity contribution in [2.45, 2.75) is 13.0 Å². The van der Waals surface area contributed by atoms with Crippen LogP contribution in [0.1, 0.15) is 5.56 Å². The fourth-order valence-corrected chi connectivity index (χ4v) is 2.21. The molecular weight excluding hydrogens is 309 g/mol. The van der Waals surface area contributed by atoms with Crippen molar-refractivity contribution in [2.24, 2.45) is 0 Å². The molecule has 0 aromatic heterocycles. The van der Waals surface area contributed by atoms with Crippen molar-refractivity contribution in [3.05, 3.63) is 58.1 Å². The molecular formula is C16H17Cl2NO2. The lowest BCUT2D eigenvalue weighted by atomic mass is 10.2. The van der Waals surface area contributed by atoms with Gasteiger partial charge in [-0.05, 0) is 37.3 Å². The van der Waals surface area contributed by atoms with Gasteiger partial charge in [0.1, 0.15) is 18.5 Å². The molecule has 0 bridgehead atoms. The van der Waals surface area contributed by atoms with Crippen LogP contribution in [0.3, 0.4) is 0 Å². The molecule has 1 unspecified atom stereocenters. The minimum atomic E-state index is -0.641. The molecule has 0 heterocycles. The molecule has 2 aromatic carbocycles. The Kier molecular flexibility index (Phi) is 5.74. The van der Waals surface area contributed by atoms with E-state index in [1.54, 1.807) is 18.2 Å². The third kappa shape index (κ3) is 5.12. The summed E-state index contributed by atoms with van der Waals surface area (Å²) in [7, 11) is 0. The first-order valence-corrected chi connectivity index (χ1v) is 7.36. The van der Waals surface area contributed by atoms with Crippen LogP contribution >= 0.6 is 23.2 Å². The second-order valence-electron chi connectivity index (χ2n) is 4.79. The largest absolute Gasteiger partial charge is 0.489 e. The molecule has 0 aliphatic heterocycles. The van der Waals surface area contributed by atoms with Crippen molar-refractivity contribution >= 4 is 28.9 Å². The molecule has 0 fully saturated rings. The number of anilines is 1. The number of halogens is 2. The lowest BCUT2D eigenvalue weighted by Crippen LogP contribution is -2.26. The van der Waals surface area contributed by atoms with E-state index < -0.39 is 6.10 Å². The van der Waals surface area contributed by atoms with E-state index in [-0.39, 0.29) is 6.61 Å². The summed E-state index contributed by atoms with van der Waals surface area (Å²) >= 11 is 11.8. The lowest BCUT2D eigenvalue weighted by molar-refractivity contribution is 0.117. The molecule has 0 aliphatic rings. The first-order valence-electron chi connectivity index (χ1n) is 6.61. The normalized spacial score (nSPS) is 12.0. The van der Waals surface area contributed by atoms with E-state index in [2.05, 4.69) is 5.32 Å². The molecule has 0 radical (unpaired) electrons. The Morgan fingerprint density at radius 1 is 1.14 bits per heavy atom. The van der Waals surface area contributed by atoms with Crippen molar-refractivity contribution < 1.29 is 9.84 Å². The van der Waals surface area contributed by atoms with Crippen molar-refractivity contribution in [3.8, 4) is 5.75 Å². The molecule has 21 heavy (non-hydrogen) atoms. The van der Waals surface area contributed by atoms with Crippen LogP contribution in [0.15, 0.2) is 42.5 Å². The maximum absolute atomic E-state index is 9.92. The predicted octanol–water partition coefficient (Wildman–Crippen LogP) is 4.15. The standard InChI is InChI=1S/C16H17Cl2NO2/c1-11-2-5-13(6-3-11)19-9-14(20)10-21-16-7-4-12(17)8-15(16)18/h2-8,14,19-20H,9-10H2,1H3. The van der Waals surface area contributed by atoms with Crippen LogP contribution in [-0.2, 0) is 0 Å². The number of aliphatic hydroxyl groups is 1.